The highest BCUT2D eigenvalue weighted by Crippen LogP contribution is 2.31. The molecule has 24 heavy (non-hydrogen) atoms. The minimum Gasteiger partial charge on any atom is -0.496 e. The number of nitrogens with zero attached hydrogens (tertiary/aromatic N) is 3. The van der Waals surface area contributed by atoms with Crippen LogP contribution in [0.2, 0.25) is 0 Å². The number of benzene rings is 1. The van der Waals surface area contributed by atoms with Crippen molar-refractivity contribution in [2.24, 2.45) is 0 Å². The Morgan fingerprint density at radius 1 is 1.00 bits per heavy atom. The predicted molar refractivity (Wildman–Crippen MR) is 94.2 cm³/mol. The fourth-order valence-corrected chi connectivity index (χ4v) is 2.49. The van der Waals surface area contributed by atoms with E-state index in [1.54, 1.807) is 13.3 Å². The Bertz CT molecular complexity index is 821. The molecule has 0 aliphatic rings. The molecule has 0 unspecified atom stereocenters. The highest BCUT2D eigenvalue weighted by molar-refractivity contribution is 5.45. The van der Waals surface area contributed by atoms with Gasteiger partial charge in [0.2, 0.25) is 5.95 Å². The Kier molecular flexibility index (Phi) is 4.70. The molecule has 1 atom stereocenters. The summed E-state index contributed by atoms with van der Waals surface area (Å²) in [5.74, 6) is 1.36. The highest BCUT2D eigenvalue weighted by atomic mass is 16.5. The lowest BCUT2D eigenvalue weighted by Crippen LogP contribution is -2.17. The molecule has 0 saturated carbocycles. The second-order valence-electron chi connectivity index (χ2n) is 5.54. The molecule has 5 heteroatoms. The third-order valence-electron chi connectivity index (χ3n) is 3.93. The smallest absolute Gasteiger partial charge is 0.223 e. The molecule has 0 aliphatic heterocycles. The van der Waals surface area contributed by atoms with Crippen molar-refractivity contribution in [1.29, 1.82) is 0 Å². The standard InChI is InChI=1S/C19H20N4O/c1-13-12-21-19(22-14(13)2)23-18(16-9-6-7-11-20-16)15-8-4-5-10-17(15)24-3/h4-12,18H,1-3H3,(H,21,22,23)/t18-/m0/s1. The van der Waals surface area contributed by atoms with E-state index in [9.17, 15) is 0 Å². The number of aromatic nitrogens is 3. The van der Waals surface area contributed by atoms with E-state index in [2.05, 4.69) is 20.3 Å². The van der Waals surface area contributed by atoms with Crippen molar-refractivity contribution in [2.75, 3.05) is 12.4 Å². The summed E-state index contributed by atoms with van der Waals surface area (Å²) in [5.41, 5.74) is 3.88. The molecule has 2 aromatic heterocycles. The van der Waals surface area contributed by atoms with E-state index >= 15 is 0 Å². The SMILES string of the molecule is COc1ccccc1[C@H](Nc1ncc(C)c(C)n1)c1ccccn1. The first-order valence-electron chi connectivity index (χ1n) is 7.79. The van der Waals surface area contributed by atoms with Gasteiger partial charge in [-0.15, -0.1) is 0 Å². The minimum atomic E-state index is -0.204. The Morgan fingerprint density at radius 2 is 1.79 bits per heavy atom. The van der Waals surface area contributed by atoms with Crippen molar-refractivity contribution in [1.82, 2.24) is 15.0 Å². The van der Waals surface area contributed by atoms with E-state index < -0.39 is 0 Å². The van der Waals surface area contributed by atoms with Crippen LogP contribution in [0.5, 0.6) is 5.75 Å². The van der Waals surface area contributed by atoms with Gasteiger partial charge in [0, 0.05) is 23.7 Å². The molecule has 0 amide bonds. The maximum Gasteiger partial charge on any atom is 0.223 e. The molecule has 122 valence electrons. The first-order chi connectivity index (χ1) is 11.7. The number of hydrogen-bond acceptors (Lipinski definition) is 5. The number of pyridine rings is 1. The van der Waals surface area contributed by atoms with Gasteiger partial charge in [0.25, 0.3) is 0 Å². The van der Waals surface area contributed by atoms with Crippen molar-refractivity contribution < 1.29 is 4.74 Å². The summed E-state index contributed by atoms with van der Waals surface area (Å²) in [4.78, 5) is 13.4. The molecule has 3 rings (SSSR count). The van der Waals surface area contributed by atoms with Crippen LogP contribution in [0.3, 0.4) is 0 Å². The fourth-order valence-electron chi connectivity index (χ4n) is 2.49. The molecule has 0 aliphatic carbocycles. The Labute approximate surface area is 141 Å². The molecule has 5 nitrogen and oxygen atoms in total. The van der Waals surface area contributed by atoms with Gasteiger partial charge in [0.05, 0.1) is 12.8 Å². The summed E-state index contributed by atoms with van der Waals surface area (Å²) in [6.07, 6.45) is 3.60. The van der Waals surface area contributed by atoms with Gasteiger partial charge in [-0.05, 0) is 37.6 Å². The number of rotatable bonds is 5. The molecule has 0 bridgehead atoms. The lowest BCUT2D eigenvalue weighted by molar-refractivity contribution is 0.408. The zero-order valence-corrected chi connectivity index (χ0v) is 14.0. The number of nitrogens with one attached hydrogen (secondary N) is 1. The fraction of sp³-hybridized carbons (Fsp3) is 0.211. The summed E-state index contributed by atoms with van der Waals surface area (Å²) in [6.45, 7) is 3.97. The van der Waals surface area contributed by atoms with Gasteiger partial charge in [-0.1, -0.05) is 24.3 Å². The molecule has 1 aromatic carbocycles. The van der Waals surface area contributed by atoms with Crippen LogP contribution in [-0.4, -0.2) is 22.1 Å². The van der Waals surface area contributed by atoms with Crippen molar-refractivity contribution in [2.45, 2.75) is 19.9 Å². The summed E-state index contributed by atoms with van der Waals surface area (Å²) >= 11 is 0. The van der Waals surface area contributed by atoms with Crippen molar-refractivity contribution in [3.05, 3.63) is 77.4 Å². The minimum absolute atomic E-state index is 0.204. The van der Waals surface area contributed by atoms with Crippen molar-refractivity contribution in [3.8, 4) is 5.75 Å². The van der Waals surface area contributed by atoms with Gasteiger partial charge in [-0.3, -0.25) is 4.98 Å². The van der Waals surface area contributed by atoms with E-state index in [-0.39, 0.29) is 6.04 Å². The van der Waals surface area contributed by atoms with E-state index in [0.29, 0.717) is 5.95 Å². The zero-order valence-electron chi connectivity index (χ0n) is 14.0. The number of anilines is 1. The number of para-hydroxylation sites is 1. The molecule has 0 radical (unpaired) electrons. The highest BCUT2D eigenvalue weighted by Gasteiger charge is 2.20. The second kappa shape index (κ2) is 7.08. The molecule has 0 fully saturated rings. The predicted octanol–water partition coefficient (Wildman–Crippen LogP) is 3.70. The topological polar surface area (TPSA) is 59.9 Å². The summed E-state index contributed by atoms with van der Waals surface area (Å²) in [7, 11) is 1.67. The van der Waals surface area contributed by atoms with E-state index in [1.165, 1.54) is 0 Å². The third kappa shape index (κ3) is 3.35. The Balaban J connectivity index is 2.04. The molecular formula is C19H20N4O. The van der Waals surface area contributed by atoms with Crippen molar-refractivity contribution in [3.63, 3.8) is 0 Å². The largest absolute Gasteiger partial charge is 0.496 e. The lowest BCUT2D eigenvalue weighted by Gasteiger charge is -2.21. The Morgan fingerprint density at radius 3 is 2.50 bits per heavy atom. The maximum atomic E-state index is 5.52. The van der Waals surface area contributed by atoms with Crippen LogP contribution >= 0.6 is 0 Å². The van der Waals surface area contributed by atoms with Gasteiger partial charge in [-0.2, -0.15) is 0 Å². The maximum absolute atomic E-state index is 5.52. The van der Waals surface area contributed by atoms with Gasteiger partial charge in [-0.25, -0.2) is 9.97 Å². The van der Waals surface area contributed by atoms with Crippen LogP contribution < -0.4 is 10.1 Å². The third-order valence-corrected chi connectivity index (χ3v) is 3.93. The first-order valence-corrected chi connectivity index (χ1v) is 7.79. The van der Waals surface area contributed by atoms with Crippen LogP contribution in [0.25, 0.3) is 0 Å². The van der Waals surface area contributed by atoms with Gasteiger partial charge >= 0.3 is 0 Å². The zero-order chi connectivity index (χ0) is 16.9. The monoisotopic (exact) mass is 320 g/mol. The average molecular weight is 320 g/mol. The van der Waals surface area contributed by atoms with Crippen LogP contribution in [0.1, 0.15) is 28.6 Å². The van der Waals surface area contributed by atoms with Gasteiger partial charge in [0.15, 0.2) is 0 Å². The number of ether oxygens (including phenoxy) is 1. The molecular weight excluding hydrogens is 300 g/mol. The van der Waals surface area contributed by atoms with Crippen LogP contribution in [-0.2, 0) is 0 Å². The van der Waals surface area contributed by atoms with Crippen molar-refractivity contribution >= 4 is 5.95 Å². The van der Waals surface area contributed by atoms with Gasteiger partial charge < -0.3 is 10.1 Å². The normalized spacial score (nSPS) is 11.8. The molecule has 3 aromatic rings. The number of methoxy groups -OCH3 is 1. The van der Waals surface area contributed by atoms with E-state index in [0.717, 1.165) is 28.3 Å². The van der Waals surface area contributed by atoms with Gasteiger partial charge in [0.1, 0.15) is 11.8 Å². The number of aryl methyl sites for hydroxylation is 2. The van der Waals surface area contributed by atoms with Crippen LogP contribution in [0, 0.1) is 13.8 Å². The Hall–Kier alpha value is -2.95. The molecule has 1 N–H and O–H groups in total. The second-order valence-corrected chi connectivity index (χ2v) is 5.54. The van der Waals surface area contributed by atoms with Crippen LogP contribution in [0.15, 0.2) is 54.9 Å². The van der Waals surface area contributed by atoms with E-state index in [4.69, 9.17) is 4.74 Å². The molecule has 0 spiro atoms. The number of hydrogen-bond donors (Lipinski definition) is 1. The van der Waals surface area contributed by atoms with Crippen LogP contribution in [0.4, 0.5) is 5.95 Å². The molecule has 2 heterocycles. The van der Waals surface area contributed by atoms with E-state index in [1.807, 2.05) is 62.5 Å². The summed E-state index contributed by atoms with van der Waals surface area (Å²) in [6, 6.07) is 13.5. The first kappa shape index (κ1) is 15.9. The summed E-state index contributed by atoms with van der Waals surface area (Å²) in [5, 5.41) is 3.39. The quantitative estimate of drug-likeness (QED) is 0.777. The average Bonchev–Trinajstić information content (AvgIpc) is 2.63. The summed E-state index contributed by atoms with van der Waals surface area (Å²) < 4.78 is 5.52. The molecule has 0 saturated heterocycles. The lowest BCUT2D eigenvalue weighted by atomic mass is 10.0.